The Morgan fingerprint density at radius 3 is 2.81 bits per heavy atom. The number of carbonyl (C=O) groups excluding carboxylic acids is 1. The molecule has 2 atom stereocenters. The monoisotopic (exact) mass is 510 g/mol. The molecule has 1 heterocycles. The molecule has 1 aliphatic rings. The molecule has 4 rings (SSSR count). The Kier molecular flexibility index (Phi) is 8.95. The highest BCUT2D eigenvalue weighted by Gasteiger charge is 2.47. The van der Waals surface area contributed by atoms with E-state index < -0.39 is 11.6 Å². The number of unbranched alkanes of at least 4 members (excludes halogenated alkanes) is 1. The van der Waals surface area contributed by atoms with E-state index in [1.807, 2.05) is 24.3 Å². The molecule has 37 heavy (non-hydrogen) atoms. The molecule has 2 aromatic carbocycles. The molecule has 0 fully saturated rings. The van der Waals surface area contributed by atoms with Crippen LogP contribution in [-0.4, -0.2) is 53.4 Å². The minimum Gasteiger partial charge on any atom is -0.785 e. The fourth-order valence-electron chi connectivity index (χ4n) is 5.80. The lowest BCUT2D eigenvalue weighted by molar-refractivity contribution is -0.171. The summed E-state index contributed by atoms with van der Waals surface area (Å²) in [6.07, 6.45) is 3.92. The van der Waals surface area contributed by atoms with Crippen molar-refractivity contribution in [2.45, 2.75) is 63.9 Å². The number of fused-ring (bicyclic) bond motifs is 2. The molecule has 0 unspecified atom stereocenters. The summed E-state index contributed by atoms with van der Waals surface area (Å²) in [5, 5.41) is 13.9. The summed E-state index contributed by atoms with van der Waals surface area (Å²) in [4.78, 5) is 20.5. The molecule has 3 aromatic rings. The van der Waals surface area contributed by atoms with Gasteiger partial charge in [0.1, 0.15) is 23.8 Å². The molecule has 0 amide bonds. The summed E-state index contributed by atoms with van der Waals surface area (Å²) in [6, 6.07) is 12.8. The maximum absolute atomic E-state index is 13.9. The molecule has 1 aliphatic carbocycles. The van der Waals surface area contributed by atoms with Crippen LogP contribution in [0.15, 0.2) is 42.5 Å². The van der Waals surface area contributed by atoms with Gasteiger partial charge in [-0.1, -0.05) is 32.0 Å². The van der Waals surface area contributed by atoms with Crippen molar-refractivity contribution in [1.29, 1.82) is 0 Å². The molecule has 1 aromatic heterocycles. The Labute approximate surface area is 217 Å². The van der Waals surface area contributed by atoms with Gasteiger partial charge in [0.15, 0.2) is 0 Å². The number of ether oxygens (including phenoxy) is 2. The number of aromatic nitrogens is 2. The number of imidazole rings is 1. The fraction of sp³-hybridized carbons (Fsp3) is 0.517. The van der Waals surface area contributed by atoms with Crippen LogP contribution >= 0.6 is 0 Å². The zero-order chi connectivity index (χ0) is 26.4. The Morgan fingerprint density at radius 2 is 2.05 bits per heavy atom. The molecule has 0 saturated carbocycles. The highest BCUT2D eigenvalue weighted by atomic mass is 19.1. The lowest BCUT2D eigenvalue weighted by atomic mass is 9.65. The van der Waals surface area contributed by atoms with E-state index in [4.69, 9.17) is 9.47 Å². The third-order valence-electron chi connectivity index (χ3n) is 7.36. The molecule has 0 aliphatic heterocycles. The van der Waals surface area contributed by atoms with Crippen molar-refractivity contribution in [2.24, 2.45) is 5.92 Å². The van der Waals surface area contributed by atoms with Gasteiger partial charge in [-0.2, -0.15) is 0 Å². The number of rotatable bonds is 12. The smallest absolute Gasteiger partial charge is 0.332 e. The number of aromatic amines is 1. The van der Waals surface area contributed by atoms with Gasteiger partial charge in [0.2, 0.25) is 0 Å². The van der Waals surface area contributed by atoms with Crippen LogP contribution in [0.3, 0.4) is 0 Å². The summed E-state index contributed by atoms with van der Waals surface area (Å²) in [6.45, 7) is 4.66. The predicted molar refractivity (Wildman–Crippen MR) is 142 cm³/mol. The molecule has 1 N–H and O–H groups in total. The van der Waals surface area contributed by atoms with Crippen LogP contribution < -0.4 is 0 Å². The second kappa shape index (κ2) is 12.2. The number of esters is 1. The largest absolute Gasteiger partial charge is 0.785 e. The summed E-state index contributed by atoms with van der Waals surface area (Å²) < 4.78 is 25.1. The number of benzene rings is 2. The first kappa shape index (κ1) is 27.2. The van der Waals surface area contributed by atoms with E-state index in [9.17, 15) is 14.4 Å². The van der Waals surface area contributed by atoms with E-state index in [1.54, 1.807) is 12.1 Å². The number of hydrogen-bond donors (Lipinski definition) is 1. The topological polar surface area (TPSA) is 90.5 Å². The predicted octanol–water partition coefficient (Wildman–Crippen LogP) is 5.53. The third-order valence-corrected chi connectivity index (χ3v) is 7.36. The number of carbonyl (C=O) groups is 1. The quantitative estimate of drug-likeness (QED) is 0.196. The number of halogens is 1. The van der Waals surface area contributed by atoms with E-state index in [0.717, 1.165) is 52.3 Å². The summed E-state index contributed by atoms with van der Waals surface area (Å²) in [7, 11) is 1.46. The van der Waals surface area contributed by atoms with Gasteiger partial charge < -0.3 is 24.7 Å². The van der Waals surface area contributed by atoms with Crippen LogP contribution in [-0.2, 0) is 27.1 Å². The number of H-pyrrole nitrogens is 1. The Balaban J connectivity index is 1.39. The lowest BCUT2D eigenvalue weighted by Crippen LogP contribution is -2.49. The minimum atomic E-state index is -0.842. The van der Waals surface area contributed by atoms with Crippen molar-refractivity contribution in [1.82, 2.24) is 15.0 Å². The molecule has 0 radical (unpaired) electrons. The summed E-state index contributed by atoms with van der Waals surface area (Å²) in [5.41, 5.74) is 3.07. The molecule has 7 nitrogen and oxygen atoms in total. The van der Waals surface area contributed by atoms with Crippen LogP contribution in [0, 0.1) is 16.9 Å². The maximum atomic E-state index is 13.9. The zero-order valence-electron chi connectivity index (χ0n) is 22.0. The third kappa shape index (κ3) is 6.55. The van der Waals surface area contributed by atoms with Crippen molar-refractivity contribution in [3.05, 3.63) is 70.4 Å². The number of para-hydroxylation sites is 2. The number of aryl methyl sites for hydroxylation is 2. The number of nitrogens with one attached hydrogen (secondary N) is 1. The van der Waals surface area contributed by atoms with E-state index in [2.05, 4.69) is 23.8 Å². The Morgan fingerprint density at radius 1 is 1.24 bits per heavy atom. The Bertz CT molecular complexity index is 1160. The van der Waals surface area contributed by atoms with Gasteiger partial charge in [-0.15, -0.1) is 0 Å². The summed E-state index contributed by atoms with van der Waals surface area (Å²) in [5.74, 6) is 0.211. The van der Waals surface area contributed by atoms with Gasteiger partial charge in [-0.25, -0.2) is 14.2 Å². The van der Waals surface area contributed by atoms with Crippen molar-refractivity contribution >= 4 is 17.0 Å². The standard InChI is InChI=1S/C29H37FN3O4/c1-20(2)28-23-12-11-22(30)18-21(23)13-14-29(28,37-27(34)19-36-3)15-17-33(35)16-7-6-10-26-31-24-8-4-5-9-25(24)32-26/h4-5,8-9,11-12,18,20,28H,6-7,10,13-17,19H2,1-3H3,(H,31,32)/q-1/t28-,29-/m0/s1. The first-order chi connectivity index (χ1) is 17.8. The molecular formula is C29H37FN3O4-. The van der Waals surface area contributed by atoms with Crippen LogP contribution in [0.4, 0.5) is 4.39 Å². The van der Waals surface area contributed by atoms with E-state index in [-0.39, 0.29) is 30.8 Å². The molecular weight excluding hydrogens is 473 g/mol. The maximum Gasteiger partial charge on any atom is 0.332 e. The highest BCUT2D eigenvalue weighted by Crippen LogP contribution is 2.48. The summed E-state index contributed by atoms with van der Waals surface area (Å²) >= 11 is 0. The molecule has 8 heteroatoms. The SMILES string of the molecule is COCC(=O)O[C@]1(CCN([O-])CCCCc2nc3ccccc3[nH]2)CCc2cc(F)ccc2[C@@H]1C(C)C. The van der Waals surface area contributed by atoms with Crippen molar-refractivity contribution in [3.8, 4) is 0 Å². The number of methoxy groups -OCH3 is 1. The van der Waals surface area contributed by atoms with E-state index in [0.29, 0.717) is 25.8 Å². The number of hydroxylamine groups is 2. The van der Waals surface area contributed by atoms with Gasteiger partial charge in [-0.05, 0) is 86.5 Å². The van der Waals surface area contributed by atoms with Crippen molar-refractivity contribution in [3.63, 3.8) is 0 Å². The molecule has 0 spiro atoms. The van der Waals surface area contributed by atoms with Crippen LogP contribution in [0.25, 0.3) is 11.0 Å². The second-order valence-electron chi connectivity index (χ2n) is 10.4. The minimum absolute atomic E-state index is 0.128. The number of hydrogen-bond acceptors (Lipinski definition) is 6. The first-order valence-electron chi connectivity index (χ1n) is 13.2. The van der Waals surface area contributed by atoms with Gasteiger partial charge >= 0.3 is 5.97 Å². The van der Waals surface area contributed by atoms with Crippen LogP contribution in [0.1, 0.15) is 62.4 Å². The normalized spacial score (nSPS) is 19.5. The average Bonchev–Trinajstić information content (AvgIpc) is 3.28. The zero-order valence-corrected chi connectivity index (χ0v) is 22.0. The van der Waals surface area contributed by atoms with Crippen LogP contribution in [0.5, 0.6) is 0 Å². The van der Waals surface area contributed by atoms with Gasteiger partial charge in [0.05, 0.1) is 11.0 Å². The first-order valence-corrected chi connectivity index (χ1v) is 13.2. The second-order valence-corrected chi connectivity index (χ2v) is 10.4. The molecule has 200 valence electrons. The fourth-order valence-corrected chi connectivity index (χ4v) is 5.80. The average molecular weight is 511 g/mol. The number of nitrogens with zero attached hydrogens (tertiary/aromatic N) is 2. The highest BCUT2D eigenvalue weighted by molar-refractivity contribution is 5.74. The van der Waals surface area contributed by atoms with Gasteiger partial charge in [0, 0.05) is 19.4 Å². The van der Waals surface area contributed by atoms with Gasteiger partial charge in [0.25, 0.3) is 0 Å². The van der Waals surface area contributed by atoms with Crippen molar-refractivity contribution in [2.75, 3.05) is 26.8 Å². The van der Waals surface area contributed by atoms with E-state index in [1.165, 1.54) is 13.2 Å². The Hall–Kier alpha value is -2.81. The van der Waals surface area contributed by atoms with Crippen LogP contribution in [0.2, 0.25) is 0 Å². The lowest BCUT2D eigenvalue weighted by Gasteiger charge is -2.47. The molecule has 0 bridgehead atoms. The van der Waals surface area contributed by atoms with E-state index >= 15 is 0 Å². The van der Waals surface area contributed by atoms with Gasteiger partial charge in [-0.3, -0.25) is 0 Å². The molecule has 0 saturated heterocycles. The van der Waals surface area contributed by atoms with Crippen molar-refractivity contribution < 1.29 is 18.7 Å².